The van der Waals surface area contributed by atoms with Crippen LogP contribution in [0, 0.1) is 0 Å². The van der Waals surface area contributed by atoms with Gasteiger partial charge < -0.3 is 4.90 Å². The van der Waals surface area contributed by atoms with Crippen LogP contribution in [0.15, 0.2) is 29.4 Å². The van der Waals surface area contributed by atoms with Gasteiger partial charge in [-0.05, 0) is 31.9 Å². The standard InChI is InChI=1S/C17H22N4OS/c1-10(2)15-18-17(20-19-15)23-12(4)16(22)21-11(3)9-13-7-5-6-8-14(13)21/h5-8,10-12H,9H2,1-4H3,(H,18,19,20). The van der Waals surface area contributed by atoms with Gasteiger partial charge in [-0.3, -0.25) is 9.89 Å². The van der Waals surface area contributed by atoms with Gasteiger partial charge in [0.25, 0.3) is 0 Å². The number of carbonyl (C=O) groups excluding carboxylic acids is 1. The number of hydrogen-bond acceptors (Lipinski definition) is 4. The van der Waals surface area contributed by atoms with E-state index in [0.717, 1.165) is 17.9 Å². The fraction of sp³-hybridized carbons (Fsp3) is 0.471. The monoisotopic (exact) mass is 330 g/mol. The molecule has 0 bridgehead atoms. The molecule has 1 aromatic carbocycles. The number of anilines is 1. The Kier molecular flexibility index (Phi) is 4.43. The van der Waals surface area contributed by atoms with Crippen molar-refractivity contribution in [1.29, 1.82) is 0 Å². The first-order valence-corrected chi connectivity index (χ1v) is 8.85. The van der Waals surface area contributed by atoms with Gasteiger partial charge in [-0.25, -0.2) is 4.98 Å². The molecule has 0 saturated carbocycles. The van der Waals surface area contributed by atoms with Gasteiger partial charge in [0.2, 0.25) is 11.1 Å². The number of nitrogens with zero attached hydrogens (tertiary/aromatic N) is 3. The minimum atomic E-state index is -0.223. The molecule has 1 aliphatic rings. The third-order valence-electron chi connectivity index (χ3n) is 4.10. The van der Waals surface area contributed by atoms with Crippen molar-refractivity contribution in [1.82, 2.24) is 15.2 Å². The second kappa shape index (κ2) is 6.35. The van der Waals surface area contributed by atoms with E-state index < -0.39 is 0 Å². The largest absolute Gasteiger partial charge is 0.308 e. The van der Waals surface area contributed by atoms with Crippen LogP contribution in [0.25, 0.3) is 0 Å². The Bertz CT molecular complexity index is 712. The van der Waals surface area contributed by atoms with Gasteiger partial charge in [0.05, 0.1) is 5.25 Å². The minimum absolute atomic E-state index is 0.114. The van der Waals surface area contributed by atoms with Gasteiger partial charge >= 0.3 is 0 Å². The van der Waals surface area contributed by atoms with Crippen molar-refractivity contribution in [2.75, 3.05) is 4.90 Å². The average molecular weight is 330 g/mol. The summed E-state index contributed by atoms with van der Waals surface area (Å²) in [6.45, 7) is 8.14. The molecule has 3 rings (SSSR count). The van der Waals surface area contributed by atoms with Gasteiger partial charge in [0.1, 0.15) is 5.82 Å². The van der Waals surface area contributed by atoms with Crippen LogP contribution in [0.1, 0.15) is 45.0 Å². The molecule has 2 heterocycles. The Morgan fingerprint density at radius 3 is 2.78 bits per heavy atom. The van der Waals surface area contributed by atoms with Gasteiger partial charge in [0.15, 0.2) is 0 Å². The molecule has 1 amide bonds. The van der Waals surface area contributed by atoms with E-state index in [1.807, 2.05) is 30.0 Å². The van der Waals surface area contributed by atoms with Crippen LogP contribution >= 0.6 is 11.8 Å². The van der Waals surface area contributed by atoms with E-state index in [1.165, 1.54) is 17.3 Å². The number of hydrogen-bond donors (Lipinski definition) is 1. The Morgan fingerprint density at radius 1 is 1.35 bits per heavy atom. The van der Waals surface area contributed by atoms with Crippen LogP contribution in [-0.2, 0) is 11.2 Å². The molecule has 2 aromatic rings. The fourth-order valence-corrected chi connectivity index (χ4v) is 3.65. The summed E-state index contributed by atoms with van der Waals surface area (Å²) in [5.74, 6) is 1.27. The van der Waals surface area contributed by atoms with Gasteiger partial charge in [0, 0.05) is 17.6 Å². The van der Waals surface area contributed by atoms with E-state index in [4.69, 9.17) is 0 Å². The number of aromatic amines is 1. The molecule has 122 valence electrons. The van der Waals surface area contributed by atoms with E-state index in [1.54, 1.807) is 0 Å². The molecule has 0 saturated heterocycles. The first kappa shape index (κ1) is 16.1. The van der Waals surface area contributed by atoms with Crippen LogP contribution in [0.4, 0.5) is 5.69 Å². The number of aromatic nitrogens is 3. The Balaban J connectivity index is 1.74. The topological polar surface area (TPSA) is 61.9 Å². The number of carbonyl (C=O) groups is 1. The summed E-state index contributed by atoms with van der Waals surface area (Å²) in [6.07, 6.45) is 0.914. The van der Waals surface area contributed by atoms with E-state index >= 15 is 0 Å². The summed E-state index contributed by atoms with van der Waals surface area (Å²) >= 11 is 1.41. The summed E-state index contributed by atoms with van der Waals surface area (Å²) in [4.78, 5) is 19.3. The first-order valence-electron chi connectivity index (χ1n) is 7.97. The summed E-state index contributed by atoms with van der Waals surface area (Å²) in [7, 11) is 0. The molecule has 0 aliphatic carbocycles. The summed E-state index contributed by atoms with van der Waals surface area (Å²) in [5.41, 5.74) is 2.28. The molecule has 0 fully saturated rings. The molecule has 1 N–H and O–H groups in total. The smallest absolute Gasteiger partial charge is 0.240 e. The highest BCUT2D eigenvalue weighted by molar-refractivity contribution is 8.00. The molecule has 0 spiro atoms. The number of amides is 1. The third-order valence-corrected chi connectivity index (χ3v) is 5.05. The van der Waals surface area contributed by atoms with E-state index in [2.05, 4.69) is 42.0 Å². The highest BCUT2D eigenvalue weighted by Gasteiger charge is 2.33. The number of thioether (sulfide) groups is 1. The molecule has 2 unspecified atom stereocenters. The van der Waals surface area contributed by atoms with Crippen LogP contribution in [0.2, 0.25) is 0 Å². The lowest BCUT2D eigenvalue weighted by Crippen LogP contribution is -2.40. The quantitative estimate of drug-likeness (QED) is 0.873. The molecule has 6 heteroatoms. The second-order valence-electron chi connectivity index (χ2n) is 6.31. The normalized spacial score (nSPS) is 18.3. The number of benzene rings is 1. The molecule has 1 aliphatic heterocycles. The number of fused-ring (bicyclic) bond motifs is 1. The Morgan fingerprint density at radius 2 is 2.09 bits per heavy atom. The van der Waals surface area contributed by atoms with Crippen LogP contribution in [0.5, 0.6) is 0 Å². The predicted octanol–water partition coefficient (Wildman–Crippen LogP) is 3.39. The fourth-order valence-electron chi connectivity index (χ4n) is 2.87. The number of nitrogens with one attached hydrogen (secondary N) is 1. The van der Waals surface area contributed by atoms with Crippen LogP contribution < -0.4 is 4.90 Å². The van der Waals surface area contributed by atoms with Crippen molar-refractivity contribution in [2.24, 2.45) is 0 Å². The second-order valence-corrected chi connectivity index (χ2v) is 7.62. The molecule has 2 atom stereocenters. The zero-order chi connectivity index (χ0) is 16.6. The first-order chi connectivity index (χ1) is 11.0. The van der Waals surface area contributed by atoms with E-state index in [9.17, 15) is 4.79 Å². The molecule has 5 nitrogen and oxygen atoms in total. The zero-order valence-electron chi connectivity index (χ0n) is 13.9. The van der Waals surface area contributed by atoms with Crippen molar-refractivity contribution in [3.63, 3.8) is 0 Å². The highest BCUT2D eigenvalue weighted by Crippen LogP contribution is 2.34. The van der Waals surface area contributed by atoms with E-state index in [0.29, 0.717) is 11.1 Å². The summed E-state index contributed by atoms with van der Waals surface area (Å²) in [5, 5.41) is 7.55. The van der Waals surface area contributed by atoms with Gasteiger partial charge in [-0.15, -0.1) is 5.10 Å². The van der Waals surface area contributed by atoms with Gasteiger partial charge in [-0.1, -0.05) is 43.8 Å². The number of H-pyrrole nitrogens is 1. The minimum Gasteiger partial charge on any atom is -0.308 e. The molecule has 1 aromatic heterocycles. The maximum absolute atomic E-state index is 12.9. The van der Waals surface area contributed by atoms with Crippen molar-refractivity contribution >= 4 is 23.4 Å². The predicted molar refractivity (Wildman–Crippen MR) is 92.9 cm³/mol. The SMILES string of the molecule is CC(Sc1n[nH]c(C(C)C)n1)C(=O)N1c2ccccc2CC1C. The van der Waals surface area contributed by atoms with Crippen LogP contribution in [0.3, 0.4) is 0 Å². The van der Waals surface area contributed by atoms with Crippen molar-refractivity contribution < 1.29 is 4.79 Å². The van der Waals surface area contributed by atoms with Crippen molar-refractivity contribution in [3.8, 4) is 0 Å². The molecule has 23 heavy (non-hydrogen) atoms. The molecular weight excluding hydrogens is 308 g/mol. The highest BCUT2D eigenvalue weighted by atomic mass is 32.2. The maximum atomic E-state index is 12.9. The van der Waals surface area contributed by atoms with Crippen LogP contribution in [-0.4, -0.2) is 32.4 Å². The van der Waals surface area contributed by atoms with Gasteiger partial charge in [-0.2, -0.15) is 0 Å². The summed E-state index contributed by atoms with van der Waals surface area (Å²) < 4.78 is 0. The third kappa shape index (κ3) is 3.13. The molecular formula is C17H22N4OS. The lowest BCUT2D eigenvalue weighted by atomic mass is 10.1. The zero-order valence-corrected chi connectivity index (χ0v) is 14.7. The molecule has 0 radical (unpaired) electrons. The van der Waals surface area contributed by atoms with Crippen molar-refractivity contribution in [2.45, 2.75) is 56.5 Å². The summed E-state index contributed by atoms with van der Waals surface area (Å²) in [6, 6.07) is 8.33. The number of rotatable bonds is 4. The Labute approximate surface area is 140 Å². The lowest BCUT2D eigenvalue weighted by Gasteiger charge is -2.25. The lowest BCUT2D eigenvalue weighted by molar-refractivity contribution is -0.118. The number of para-hydroxylation sites is 1. The maximum Gasteiger partial charge on any atom is 0.240 e. The Hall–Kier alpha value is -1.82. The van der Waals surface area contributed by atoms with E-state index in [-0.39, 0.29) is 17.2 Å². The van der Waals surface area contributed by atoms with Crippen molar-refractivity contribution in [3.05, 3.63) is 35.7 Å². The average Bonchev–Trinajstić information content (AvgIpc) is 3.10.